The van der Waals surface area contributed by atoms with Crippen molar-refractivity contribution in [1.29, 1.82) is 5.26 Å². The second-order valence-electron chi connectivity index (χ2n) is 5.65. The van der Waals surface area contributed by atoms with E-state index in [0.29, 0.717) is 6.61 Å². The number of benzene rings is 1. The average Bonchev–Trinajstić information content (AvgIpc) is 2.49. The molecule has 0 aromatic heterocycles. The molecule has 0 bridgehead atoms. The number of ether oxygens (including phenoxy) is 1. The molecular weight excluding hydrogens is 260 g/mol. The fourth-order valence-corrected chi connectivity index (χ4v) is 2.50. The number of nitrogens with one attached hydrogen (secondary N) is 1. The van der Waals surface area contributed by atoms with Crippen molar-refractivity contribution in [2.45, 2.75) is 58.9 Å². The third kappa shape index (κ3) is 5.06. The van der Waals surface area contributed by atoms with E-state index >= 15 is 0 Å². The largest absolute Gasteiger partial charge is 0.493 e. The number of para-hydroxylation sites is 1. The third-order valence-electron chi connectivity index (χ3n) is 3.93. The fourth-order valence-electron chi connectivity index (χ4n) is 2.50. The van der Waals surface area contributed by atoms with Gasteiger partial charge in [0.05, 0.1) is 12.7 Å². The molecular formula is C18H28N2O. The Hall–Kier alpha value is -1.53. The molecule has 0 aliphatic carbocycles. The Labute approximate surface area is 129 Å². The summed E-state index contributed by atoms with van der Waals surface area (Å²) >= 11 is 0. The van der Waals surface area contributed by atoms with E-state index in [2.05, 4.69) is 51.2 Å². The first-order valence-electron chi connectivity index (χ1n) is 7.94. The summed E-state index contributed by atoms with van der Waals surface area (Å²) < 4.78 is 5.92. The van der Waals surface area contributed by atoms with Crippen LogP contribution >= 0.6 is 0 Å². The molecule has 0 aliphatic rings. The van der Waals surface area contributed by atoms with E-state index in [4.69, 9.17) is 4.74 Å². The SMILES string of the molecule is CCCNC(C#N)(CC)CCCOc1c(C)cccc1C. The van der Waals surface area contributed by atoms with E-state index in [1.165, 1.54) is 11.1 Å². The van der Waals surface area contributed by atoms with E-state index in [0.717, 1.165) is 38.0 Å². The van der Waals surface area contributed by atoms with Crippen LogP contribution in [0.4, 0.5) is 0 Å². The quantitative estimate of drug-likeness (QED) is 0.695. The van der Waals surface area contributed by atoms with E-state index in [1.807, 2.05) is 6.07 Å². The summed E-state index contributed by atoms with van der Waals surface area (Å²) in [5.41, 5.74) is 1.93. The zero-order valence-electron chi connectivity index (χ0n) is 13.8. The molecule has 3 nitrogen and oxygen atoms in total. The van der Waals surface area contributed by atoms with Gasteiger partial charge in [0.2, 0.25) is 0 Å². The van der Waals surface area contributed by atoms with E-state index in [-0.39, 0.29) is 0 Å². The van der Waals surface area contributed by atoms with Crippen LogP contribution in [0.3, 0.4) is 0 Å². The molecule has 1 atom stereocenters. The summed E-state index contributed by atoms with van der Waals surface area (Å²) in [6.45, 7) is 9.86. The normalized spacial score (nSPS) is 13.5. The van der Waals surface area contributed by atoms with Gasteiger partial charge in [0.15, 0.2) is 0 Å². The number of hydrogen-bond acceptors (Lipinski definition) is 3. The van der Waals surface area contributed by atoms with Gasteiger partial charge >= 0.3 is 0 Å². The van der Waals surface area contributed by atoms with Gasteiger partial charge in [0.25, 0.3) is 0 Å². The Balaban J connectivity index is 2.50. The van der Waals surface area contributed by atoms with E-state index in [9.17, 15) is 5.26 Å². The Morgan fingerprint density at radius 2 is 1.90 bits per heavy atom. The fraction of sp³-hybridized carbons (Fsp3) is 0.611. The molecule has 1 rings (SSSR count). The summed E-state index contributed by atoms with van der Waals surface area (Å²) in [6, 6.07) is 8.63. The van der Waals surface area contributed by atoms with Crippen molar-refractivity contribution in [3.8, 4) is 11.8 Å². The van der Waals surface area contributed by atoms with Gasteiger partial charge in [0.1, 0.15) is 11.3 Å². The summed E-state index contributed by atoms with van der Waals surface area (Å²) in [7, 11) is 0. The molecule has 0 spiro atoms. The van der Waals surface area contributed by atoms with Gasteiger partial charge in [-0.3, -0.25) is 5.32 Å². The van der Waals surface area contributed by atoms with Crippen LogP contribution in [-0.4, -0.2) is 18.7 Å². The topological polar surface area (TPSA) is 45.0 Å². The first kappa shape index (κ1) is 17.5. The molecule has 1 aromatic rings. The maximum atomic E-state index is 9.45. The van der Waals surface area contributed by atoms with Crippen LogP contribution in [0.2, 0.25) is 0 Å². The molecule has 0 saturated heterocycles. The Morgan fingerprint density at radius 3 is 2.43 bits per heavy atom. The number of aryl methyl sites for hydroxylation is 2. The zero-order chi connectivity index (χ0) is 15.7. The lowest BCUT2D eigenvalue weighted by Gasteiger charge is -2.26. The van der Waals surface area contributed by atoms with Gasteiger partial charge in [-0.05, 0) is 57.2 Å². The lowest BCUT2D eigenvalue weighted by Crippen LogP contribution is -2.44. The highest BCUT2D eigenvalue weighted by Crippen LogP contribution is 2.23. The van der Waals surface area contributed by atoms with Crippen molar-refractivity contribution in [2.24, 2.45) is 0 Å². The first-order valence-corrected chi connectivity index (χ1v) is 7.94. The second-order valence-corrected chi connectivity index (χ2v) is 5.65. The van der Waals surface area contributed by atoms with Crippen molar-refractivity contribution in [1.82, 2.24) is 5.32 Å². The minimum absolute atomic E-state index is 0.403. The third-order valence-corrected chi connectivity index (χ3v) is 3.93. The minimum Gasteiger partial charge on any atom is -0.493 e. The highest BCUT2D eigenvalue weighted by atomic mass is 16.5. The van der Waals surface area contributed by atoms with Crippen LogP contribution in [0.25, 0.3) is 0 Å². The van der Waals surface area contributed by atoms with E-state index < -0.39 is 5.54 Å². The Kier molecular flexibility index (Phi) is 7.25. The summed E-state index contributed by atoms with van der Waals surface area (Å²) in [4.78, 5) is 0. The van der Waals surface area contributed by atoms with Gasteiger partial charge in [-0.15, -0.1) is 0 Å². The van der Waals surface area contributed by atoms with Gasteiger partial charge in [-0.25, -0.2) is 0 Å². The maximum Gasteiger partial charge on any atom is 0.125 e. The summed E-state index contributed by atoms with van der Waals surface area (Å²) in [5, 5.41) is 12.8. The first-order chi connectivity index (χ1) is 10.1. The Bertz CT molecular complexity index is 458. The summed E-state index contributed by atoms with van der Waals surface area (Å²) in [6.07, 6.45) is 3.58. The molecule has 0 saturated carbocycles. The number of nitrogens with zero attached hydrogens (tertiary/aromatic N) is 1. The molecule has 1 aromatic carbocycles. The molecule has 0 radical (unpaired) electrons. The van der Waals surface area contributed by atoms with Crippen molar-refractivity contribution < 1.29 is 4.74 Å². The van der Waals surface area contributed by atoms with Crippen LogP contribution in [0, 0.1) is 25.2 Å². The van der Waals surface area contributed by atoms with Gasteiger partial charge in [-0.1, -0.05) is 32.0 Å². The van der Waals surface area contributed by atoms with Crippen LogP contribution in [-0.2, 0) is 0 Å². The van der Waals surface area contributed by atoms with Crippen LogP contribution in [0.15, 0.2) is 18.2 Å². The van der Waals surface area contributed by atoms with Crippen molar-refractivity contribution in [3.63, 3.8) is 0 Å². The second kappa shape index (κ2) is 8.69. The number of rotatable bonds is 9. The minimum atomic E-state index is -0.403. The van der Waals surface area contributed by atoms with Crippen LogP contribution in [0.5, 0.6) is 5.75 Å². The Morgan fingerprint density at radius 1 is 1.24 bits per heavy atom. The smallest absolute Gasteiger partial charge is 0.125 e. The molecule has 21 heavy (non-hydrogen) atoms. The zero-order valence-corrected chi connectivity index (χ0v) is 13.8. The highest BCUT2D eigenvalue weighted by molar-refractivity contribution is 5.39. The van der Waals surface area contributed by atoms with Gasteiger partial charge in [0, 0.05) is 0 Å². The van der Waals surface area contributed by atoms with Crippen LogP contribution in [0.1, 0.15) is 50.7 Å². The highest BCUT2D eigenvalue weighted by Gasteiger charge is 2.26. The van der Waals surface area contributed by atoms with E-state index in [1.54, 1.807) is 0 Å². The van der Waals surface area contributed by atoms with Crippen molar-refractivity contribution in [3.05, 3.63) is 29.3 Å². The van der Waals surface area contributed by atoms with Crippen molar-refractivity contribution >= 4 is 0 Å². The predicted octanol–water partition coefficient (Wildman–Crippen LogP) is 4.13. The molecule has 0 amide bonds. The molecule has 1 N–H and O–H groups in total. The average molecular weight is 288 g/mol. The molecule has 0 aliphatic heterocycles. The number of hydrogen-bond donors (Lipinski definition) is 1. The molecule has 116 valence electrons. The maximum absolute atomic E-state index is 9.45. The molecule has 0 heterocycles. The lowest BCUT2D eigenvalue weighted by molar-refractivity contribution is 0.273. The van der Waals surface area contributed by atoms with Gasteiger partial charge in [-0.2, -0.15) is 5.26 Å². The lowest BCUT2D eigenvalue weighted by atomic mass is 9.92. The monoisotopic (exact) mass is 288 g/mol. The van der Waals surface area contributed by atoms with Crippen molar-refractivity contribution in [2.75, 3.05) is 13.2 Å². The molecule has 3 heteroatoms. The molecule has 0 fully saturated rings. The van der Waals surface area contributed by atoms with Crippen LogP contribution < -0.4 is 10.1 Å². The molecule has 1 unspecified atom stereocenters. The standard InChI is InChI=1S/C18H28N2O/c1-5-12-20-18(6-2,14-19)11-8-13-21-17-15(3)9-7-10-16(17)4/h7,9-10,20H,5-6,8,11-13H2,1-4H3. The predicted molar refractivity (Wildman–Crippen MR) is 87.6 cm³/mol. The van der Waals surface area contributed by atoms with Gasteiger partial charge < -0.3 is 4.74 Å². The number of nitriles is 1. The summed E-state index contributed by atoms with van der Waals surface area (Å²) in [5.74, 6) is 0.984.